The van der Waals surface area contributed by atoms with Crippen LogP contribution in [0.3, 0.4) is 0 Å². The molecular formula is C34H34N6O5. The minimum atomic E-state index is -1.25. The van der Waals surface area contributed by atoms with Crippen LogP contribution in [0.5, 0.6) is 17.4 Å². The fraction of sp³-hybridized carbons (Fsp3) is 0.176. The molecule has 0 saturated carbocycles. The Morgan fingerprint density at radius 2 is 1.49 bits per heavy atom. The zero-order chi connectivity index (χ0) is 32.0. The molecule has 0 atom stereocenters. The number of methoxy groups -OCH3 is 1. The number of amides is 3. The van der Waals surface area contributed by atoms with Crippen LogP contribution in [0, 0.1) is 0 Å². The minimum absolute atomic E-state index is 0.191. The zero-order valence-electron chi connectivity index (χ0n) is 25.3. The van der Waals surface area contributed by atoms with E-state index in [0.717, 1.165) is 21.9 Å². The van der Waals surface area contributed by atoms with Gasteiger partial charge in [-0.05, 0) is 40.8 Å². The van der Waals surface area contributed by atoms with Crippen molar-refractivity contribution in [2.75, 3.05) is 28.4 Å². The van der Waals surface area contributed by atoms with Crippen molar-refractivity contribution in [2.24, 2.45) is 0 Å². The number of aromatic nitrogens is 2. The van der Waals surface area contributed by atoms with Crippen molar-refractivity contribution in [1.82, 2.24) is 9.97 Å². The van der Waals surface area contributed by atoms with Crippen molar-refractivity contribution in [3.05, 3.63) is 102 Å². The number of carbonyl (C=O) groups is 2. The quantitative estimate of drug-likeness (QED) is 0.113. The molecule has 0 saturated heterocycles. The first kappa shape index (κ1) is 30.6. The lowest BCUT2D eigenvalue weighted by molar-refractivity contribution is 0.209. The van der Waals surface area contributed by atoms with E-state index in [4.69, 9.17) is 9.47 Å². The fourth-order valence-corrected chi connectivity index (χ4v) is 4.70. The third-order valence-electron chi connectivity index (χ3n) is 6.92. The molecule has 11 nitrogen and oxygen atoms in total. The van der Waals surface area contributed by atoms with E-state index >= 15 is 0 Å². The molecule has 0 aliphatic heterocycles. The van der Waals surface area contributed by atoms with Gasteiger partial charge in [-0.2, -0.15) is 4.98 Å². The number of hydrogen-bond acceptors (Lipinski definition) is 7. The molecule has 4 aromatic carbocycles. The Labute approximate surface area is 260 Å². The van der Waals surface area contributed by atoms with Crippen molar-refractivity contribution >= 4 is 45.9 Å². The molecule has 0 bridgehead atoms. The van der Waals surface area contributed by atoms with Crippen LogP contribution >= 0.6 is 0 Å². The molecule has 230 valence electrons. The lowest BCUT2D eigenvalue weighted by Gasteiger charge is -2.23. The van der Waals surface area contributed by atoms with Crippen LogP contribution < -0.4 is 30.7 Å². The molecule has 0 fully saturated rings. The van der Waals surface area contributed by atoms with E-state index in [1.807, 2.05) is 75.4 Å². The van der Waals surface area contributed by atoms with Gasteiger partial charge in [0.1, 0.15) is 5.75 Å². The molecule has 0 spiro atoms. The van der Waals surface area contributed by atoms with Gasteiger partial charge in [-0.1, -0.05) is 75.4 Å². The molecule has 45 heavy (non-hydrogen) atoms. The second kappa shape index (κ2) is 13.2. The molecule has 0 radical (unpaired) electrons. The van der Waals surface area contributed by atoms with Crippen molar-refractivity contribution < 1.29 is 24.2 Å². The summed E-state index contributed by atoms with van der Waals surface area (Å²) in [5, 5.41) is 22.2. The Hall–Kier alpha value is -5.84. The summed E-state index contributed by atoms with van der Waals surface area (Å²) in [5.41, 5.74) is 2.65. The number of nitrogens with one attached hydrogen (secondary N) is 4. The van der Waals surface area contributed by atoms with Gasteiger partial charge in [0.15, 0.2) is 5.75 Å². The second-order valence-electron chi connectivity index (χ2n) is 11.2. The number of fused-ring (bicyclic) bond motifs is 1. The summed E-state index contributed by atoms with van der Waals surface area (Å²) < 4.78 is 11.7. The molecule has 5 N–H and O–H groups in total. The summed E-state index contributed by atoms with van der Waals surface area (Å²) in [6.45, 7) is 6.53. The zero-order valence-corrected chi connectivity index (χ0v) is 25.3. The predicted octanol–water partition coefficient (Wildman–Crippen LogP) is 8.07. The average Bonchev–Trinajstić information content (AvgIpc) is 3.01. The van der Waals surface area contributed by atoms with Crippen molar-refractivity contribution in [2.45, 2.75) is 32.7 Å². The van der Waals surface area contributed by atoms with E-state index in [1.165, 1.54) is 7.11 Å². The molecule has 5 aromatic rings. The predicted molar refractivity (Wildman–Crippen MR) is 176 cm³/mol. The van der Waals surface area contributed by atoms with E-state index < -0.39 is 12.1 Å². The van der Waals surface area contributed by atoms with Crippen LogP contribution in [0.2, 0.25) is 0 Å². The van der Waals surface area contributed by atoms with Gasteiger partial charge in [0.25, 0.3) is 0 Å². The maximum atomic E-state index is 13.3. The van der Waals surface area contributed by atoms with Crippen molar-refractivity contribution in [3.8, 4) is 17.4 Å². The van der Waals surface area contributed by atoms with Crippen LogP contribution in [-0.4, -0.2) is 34.3 Å². The Kier molecular flexibility index (Phi) is 8.99. The Balaban J connectivity index is 1.36. The van der Waals surface area contributed by atoms with Gasteiger partial charge < -0.3 is 30.5 Å². The Morgan fingerprint density at radius 1 is 0.822 bits per heavy atom. The monoisotopic (exact) mass is 606 g/mol. The number of anilines is 4. The van der Waals surface area contributed by atoms with Crippen molar-refractivity contribution in [3.63, 3.8) is 0 Å². The number of hydrogen-bond donors (Lipinski definition) is 5. The standard InChI is InChI=1S/C34H34N6O5/c1-34(2,3)22-18-26(30(44-4)27(19-22)39-33(42)43)38-32(41)37-25-14-15-28(24-13-9-8-12-23(24)25)45-29-16-17-35-31(40-29)36-20-21-10-6-5-7-11-21/h5-19,39H,20H2,1-4H3,(H,42,43)(H,35,36,40)(H2,37,38,41). The first-order valence-corrected chi connectivity index (χ1v) is 14.2. The third kappa shape index (κ3) is 7.57. The highest BCUT2D eigenvalue weighted by molar-refractivity contribution is 6.08. The molecule has 1 aromatic heterocycles. The summed E-state index contributed by atoms with van der Waals surface area (Å²) in [5.74, 6) is 1.54. The molecule has 0 aliphatic rings. The number of benzene rings is 4. The number of rotatable bonds is 9. The first-order chi connectivity index (χ1) is 21.6. The normalized spacial score (nSPS) is 11.0. The van der Waals surface area contributed by atoms with Crippen molar-refractivity contribution in [1.29, 1.82) is 0 Å². The molecule has 11 heteroatoms. The molecule has 1 heterocycles. The Bertz CT molecular complexity index is 1840. The molecule has 0 aliphatic carbocycles. The van der Waals surface area contributed by atoms with Gasteiger partial charge in [0.2, 0.25) is 11.8 Å². The smallest absolute Gasteiger partial charge is 0.409 e. The molecule has 3 amide bonds. The van der Waals surface area contributed by atoms with Gasteiger partial charge in [-0.25, -0.2) is 14.6 Å². The number of urea groups is 1. The van der Waals surface area contributed by atoms with Crippen LogP contribution in [0.25, 0.3) is 10.8 Å². The van der Waals surface area contributed by atoms with Gasteiger partial charge in [0, 0.05) is 29.6 Å². The van der Waals surface area contributed by atoms with E-state index in [1.54, 1.807) is 36.5 Å². The number of nitrogens with zero attached hydrogens (tertiary/aromatic N) is 2. The van der Waals surface area contributed by atoms with Gasteiger partial charge in [-0.15, -0.1) is 0 Å². The van der Waals surface area contributed by atoms with E-state index in [2.05, 4.69) is 31.2 Å². The molecule has 5 rings (SSSR count). The largest absolute Gasteiger partial charge is 0.492 e. The van der Waals surface area contributed by atoms with E-state index in [9.17, 15) is 14.7 Å². The SMILES string of the molecule is COc1c(NC(=O)O)cc(C(C)(C)C)cc1NC(=O)Nc1ccc(Oc2ccnc(NCc3ccccc3)n2)c2ccccc12. The van der Waals surface area contributed by atoms with Gasteiger partial charge >= 0.3 is 12.1 Å². The third-order valence-corrected chi connectivity index (χ3v) is 6.92. The summed E-state index contributed by atoms with van der Waals surface area (Å²) in [6, 6.07) is 25.6. The summed E-state index contributed by atoms with van der Waals surface area (Å²) in [7, 11) is 1.41. The number of carbonyl (C=O) groups excluding carboxylic acids is 1. The summed E-state index contributed by atoms with van der Waals surface area (Å²) in [4.78, 5) is 33.5. The van der Waals surface area contributed by atoms with Gasteiger partial charge in [-0.3, -0.25) is 5.32 Å². The number of carboxylic acid groups (broad SMARTS) is 1. The minimum Gasteiger partial charge on any atom is -0.492 e. The molecular weight excluding hydrogens is 572 g/mol. The molecule has 0 unspecified atom stereocenters. The van der Waals surface area contributed by atoms with Crippen LogP contribution in [0.1, 0.15) is 31.9 Å². The highest BCUT2D eigenvalue weighted by atomic mass is 16.5. The number of ether oxygens (including phenoxy) is 2. The fourth-order valence-electron chi connectivity index (χ4n) is 4.70. The first-order valence-electron chi connectivity index (χ1n) is 14.2. The van der Waals surface area contributed by atoms with Gasteiger partial charge in [0.05, 0.1) is 24.2 Å². The van der Waals surface area contributed by atoms with E-state index in [0.29, 0.717) is 35.5 Å². The lowest BCUT2D eigenvalue weighted by Crippen LogP contribution is -2.22. The van der Waals surface area contributed by atoms with Crippen LogP contribution in [-0.2, 0) is 12.0 Å². The average molecular weight is 607 g/mol. The summed E-state index contributed by atoms with van der Waals surface area (Å²) >= 11 is 0. The maximum absolute atomic E-state index is 13.3. The van der Waals surface area contributed by atoms with E-state index in [-0.39, 0.29) is 16.9 Å². The van der Waals surface area contributed by atoms with Crippen LogP contribution in [0.4, 0.5) is 32.6 Å². The highest BCUT2D eigenvalue weighted by Gasteiger charge is 2.22. The highest BCUT2D eigenvalue weighted by Crippen LogP contribution is 2.39. The second-order valence-corrected chi connectivity index (χ2v) is 11.2. The van der Waals surface area contributed by atoms with Crippen LogP contribution in [0.15, 0.2) is 91.1 Å². The maximum Gasteiger partial charge on any atom is 0.409 e. The topological polar surface area (TPSA) is 147 Å². The lowest BCUT2D eigenvalue weighted by atomic mass is 9.86. The Morgan fingerprint density at radius 3 is 2.18 bits per heavy atom. The summed E-state index contributed by atoms with van der Waals surface area (Å²) in [6.07, 6.45) is 0.378.